The highest BCUT2D eigenvalue weighted by Crippen LogP contribution is 2.30. The Balaban J connectivity index is 1.61. The molecule has 8 heteroatoms. The van der Waals surface area contributed by atoms with Gasteiger partial charge in [-0.15, -0.1) is 0 Å². The van der Waals surface area contributed by atoms with E-state index in [1.165, 1.54) is 0 Å². The molecule has 4 rings (SSSR count). The maximum atomic E-state index is 13.6. The number of carbonyl (C=O) groups is 1. The SMILES string of the molecule is C[C@@H]1CN([C@H](C)CO)C(=O)c2cc(C#CC3(O)CCCC3)cnc2O[C@H]1CN(C)Cc1ccncc1. The van der Waals surface area contributed by atoms with Crippen molar-refractivity contribution in [3.63, 3.8) is 0 Å². The van der Waals surface area contributed by atoms with Crippen LogP contribution in [-0.4, -0.2) is 80.4 Å². The third kappa shape index (κ3) is 6.22. The van der Waals surface area contributed by atoms with Gasteiger partial charge in [0.1, 0.15) is 17.3 Å². The second-order valence-electron chi connectivity index (χ2n) is 10.2. The van der Waals surface area contributed by atoms with Crippen LogP contribution in [0, 0.1) is 17.8 Å². The van der Waals surface area contributed by atoms with Crippen molar-refractivity contribution >= 4 is 5.91 Å². The maximum absolute atomic E-state index is 13.6. The lowest BCUT2D eigenvalue weighted by molar-refractivity contribution is 0.0325. The number of rotatable bonds is 6. The van der Waals surface area contributed by atoms with E-state index in [0.29, 0.717) is 37.1 Å². The Morgan fingerprint density at radius 1 is 1.31 bits per heavy atom. The average molecular weight is 493 g/mol. The normalized spacial score (nSPS) is 22.2. The quantitative estimate of drug-likeness (QED) is 0.598. The van der Waals surface area contributed by atoms with Crippen molar-refractivity contribution in [1.82, 2.24) is 19.8 Å². The van der Waals surface area contributed by atoms with Gasteiger partial charge in [-0.25, -0.2) is 4.98 Å². The summed E-state index contributed by atoms with van der Waals surface area (Å²) in [4.78, 5) is 26.0. The van der Waals surface area contributed by atoms with E-state index in [1.54, 1.807) is 29.6 Å². The van der Waals surface area contributed by atoms with Crippen LogP contribution >= 0.6 is 0 Å². The van der Waals surface area contributed by atoms with E-state index in [2.05, 4.69) is 33.6 Å². The summed E-state index contributed by atoms with van der Waals surface area (Å²) in [5.74, 6) is 6.05. The molecule has 2 aliphatic rings. The third-order valence-corrected chi connectivity index (χ3v) is 7.08. The largest absolute Gasteiger partial charge is 0.472 e. The first kappa shape index (κ1) is 26.1. The topological polar surface area (TPSA) is 99.0 Å². The summed E-state index contributed by atoms with van der Waals surface area (Å²) < 4.78 is 6.37. The number of aliphatic hydroxyl groups is 2. The molecule has 0 unspecified atom stereocenters. The number of pyridine rings is 2. The summed E-state index contributed by atoms with van der Waals surface area (Å²) in [5, 5.41) is 20.5. The van der Waals surface area contributed by atoms with Crippen LogP contribution in [0.1, 0.15) is 61.0 Å². The van der Waals surface area contributed by atoms with Crippen LogP contribution < -0.4 is 4.74 Å². The predicted octanol–water partition coefficient (Wildman–Crippen LogP) is 2.49. The highest BCUT2D eigenvalue weighted by Gasteiger charge is 2.34. The molecule has 1 amide bonds. The summed E-state index contributed by atoms with van der Waals surface area (Å²) in [7, 11) is 2.04. The van der Waals surface area contributed by atoms with E-state index >= 15 is 0 Å². The number of likely N-dealkylation sites (N-methyl/N-ethyl adjacent to an activating group) is 1. The second kappa shape index (κ2) is 11.4. The lowest BCUT2D eigenvalue weighted by atomic mass is 9.99. The van der Waals surface area contributed by atoms with Crippen molar-refractivity contribution in [3.8, 4) is 17.7 Å². The number of carbonyl (C=O) groups excluding carboxylic acids is 1. The van der Waals surface area contributed by atoms with Gasteiger partial charge in [0.05, 0.1) is 12.6 Å². The summed E-state index contributed by atoms with van der Waals surface area (Å²) in [6, 6.07) is 5.32. The summed E-state index contributed by atoms with van der Waals surface area (Å²) >= 11 is 0. The molecule has 0 radical (unpaired) electrons. The first-order valence-corrected chi connectivity index (χ1v) is 12.7. The molecule has 2 aromatic rings. The van der Waals surface area contributed by atoms with E-state index in [0.717, 1.165) is 24.9 Å². The standard InChI is InChI=1S/C28H36N4O4/c1-20-16-32(21(2)19-33)27(34)24-14-23(6-11-28(35)9-4-5-10-28)15-30-26(24)36-25(20)18-31(3)17-22-7-12-29-13-8-22/h7-8,12-15,20-21,25,33,35H,4-5,9-10,16-19H2,1-3H3/t20-,21-,25+/m1/s1. The van der Waals surface area contributed by atoms with Crippen LogP contribution in [0.25, 0.3) is 0 Å². The molecule has 36 heavy (non-hydrogen) atoms. The number of aromatic nitrogens is 2. The van der Waals surface area contributed by atoms with Crippen LogP contribution in [0.5, 0.6) is 5.88 Å². The van der Waals surface area contributed by atoms with Gasteiger partial charge in [0.15, 0.2) is 0 Å². The van der Waals surface area contributed by atoms with E-state index in [4.69, 9.17) is 4.74 Å². The number of nitrogens with zero attached hydrogens (tertiary/aromatic N) is 4. The molecule has 2 N–H and O–H groups in total. The molecule has 3 atom stereocenters. The van der Waals surface area contributed by atoms with Crippen molar-refractivity contribution < 1.29 is 19.7 Å². The summed E-state index contributed by atoms with van der Waals surface area (Å²) in [6.07, 6.45) is 8.19. The van der Waals surface area contributed by atoms with Gasteiger partial charge in [0.25, 0.3) is 5.91 Å². The fraction of sp³-hybridized carbons (Fsp3) is 0.536. The minimum atomic E-state index is -0.970. The molecule has 1 aliphatic carbocycles. The Labute approximate surface area is 213 Å². The van der Waals surface area contributed by atoms with Crippen molar-refractivity contribution in [2.75, 3.05) is 26.7 Å². The molecule has 8 nitrogen and oxygen atoms in total. The number of hydrogen-bond acceptors (Lipinski definition) is 7. The number of hydrogen-bond donors (Lipinski definition) is 2. The van der Waals surface area contributed by atoms with E-state index in [9.17, 15) is 15.0 Å². The van der Waals surface area contributed by atoms with E-state index in [1.807, 2.05) is 26.1 Å². The maximum Gasteiger partial charge on any atom is 0.259 e. The molecule has 1 fully saturated rings. The Morgan fingerprint density at radius 3 is 2.72 bits per heavy atom. The van der Waals surface area contributed by atoms with Gasteiger partial charge in [0, 0.05) is 49.7 Å². The Morgan fingerprint density at radius 2 is 2.03 bits per heavy atom. The highest BCUT2D eigenvalue weighted by molar-refractivity contribution is 5.97. The van der Waals surface area contributed by atoms with Gasteiger partial charge in [-0.05, 0) is 63.4 Å². The number of aliphatic hydroxyl groups excluding tert-OH is 1. The minimum absolute atomic E-state index is 0.00821. The highest BCUT2D eigenvalue weighted by atomic mass is 16.5. The number of fused-ring (bicyclic) bond motifs is 1. The average Bonchev–Trinajstić information content (AvgIpc) is 3.31. The molecule has 1 saturated carbocycles. The zero-order valence-corrected chi connectivity index (χ0v) is 21.4. The Bertz CT molecular complexity index is 1110. The van der Waals surface area contributed by atoms with Gasteiger partial charge in [0.2, 0.25) is 5.88 Å². The van der Waals surface area contributed by atoms with Gasteiger partial charge in [-0.3, -0.25) is 14.7 Å². The van der Waals surface area contributed by atoms with Gasteiger partial charge in [-0.1, -0.05) is 18.8 Å². The first-order valence-electron chi connectivity index (χ1n) is 12.7. The third-order valence-electron chi connectivity index (χ3n) is 7.08. The van der Waals surface area contributed by atoms with Crippen LogP contribution in [-0.2, 0) is 6.54 Å². The molecule has 0 saturated heterocycles. The van der Waals surface area contributed by atoms with Crippen molar-refractivity contribution in [1.29, 1.82) is 0 Å². The fourth-order valence-electron chi connectivity index (χ4n) is 4.83. The fourth-order valence-corrected chi connectivity index (χ4v) is 4.83. The number of ether oxygens (including phenoxy) is 1. The first-order chi connectivity index (χ1) is 17.3. The monoisotopic (exact) mass is 492 g/mol. The van der Waals surface area contributed by atoms with E-state index in [-0.39, 0.29) is 36.5 Å². The zero-order chi connectivity index (χ0) is 25.7. The molecule has 3 heterocycles. The van der Waals surface area contributed by atoms with Crippen LogP contribution in [0.2, 0.25) is 0 Å². The Kier molecular flexibility index (Phi) is 8.24. The lowest BCUT2D eigenvalue weighted by Gasteiger charge is -2.37. The molecule has 2 aromatic heterocycles. The van der Waals surface area contributed by atoms with Gasteiger partial charge >= 0.3 is 0 Å². The van der Waals surface area contributed by atoms with Crippen LogP contribution in [0.4, 0.5) is 0 Å². The summed E-state index contributed by atoms with van der Waals surface area (Å²) in [6.45, 7) is 5.58. The van der Waals surface area contributed by atoms with Gasteiger partial charge in [-0.2, -0.15) is 0 Å². The molecule has 0 spiro atoms. The Hall–Kier alpha value is -2.99. The van der Waals surface area contributed by atoms with Crippen LogP contribution in [0.15, 0.2) is 36.8 Å². The molecule has 1 aliphatic heterocycles. The molecular formula is C28H36N4O4. The molecule has 0 bridgehead atoms. The zero-order valence-electron chi connectivity index (χ0n) is 21.4. The van der Waals surface area contributed by atoms with Crippen LogP contribution in [0.3, 0.4) is 0 Å². The van der Waals surface area contributed by atoms with Gasteiger partial charge < -0.3 is 19.8 Å². The molecule has 192 valence electrons. The second-order valence-corrected chi connectivity index (χ2v) is 10.2. The van der Waals surface area contributed by atoms with E-state index < -0.39 is 5.60 Å². The summed E-state index contributed by atoms with van der Waals surface area (Å²) in [5.41, 5.74) is 1.07. The molecular weight excluding hydrogens is 456 g/mol. The van der Waals surface area contributed by atoms with Crippen molar-refractivity contribution in [3.05, 3.63) is 53.5 Å². The van der Waals surface area contributed by atoms with Crippen molar-refractivity contribution in [2.45, 2.75) is 63.8 Å². The smallest absolute Gasteiger partial charge is 0.259 e. The van der Waals surface area contributed by atoms with Crippen molar-refractivity contribution in [2.24, 2.45) is 5.92 Å². The number of amides is 1. The molecule has 0 aromatic carbocycles. The predicted molar refractivity (Wildman–Crippen MR) is 136 cm³/mol. The minimum Gasteiger partial charge on any atom is -0.472 e. The lowest BCUT2D eigenvalue weighted by Crippen LogP contribution is -2.49.